The van der Waals surface area contributed by atoms with Crippen LogP contribution < -0.4 is 9.64 Å². The summed E-state index contributed by atoms with van der Waals surface area (Å²) in [5.74, 6) is 0.323. The molecule has 0 spiro atoms. The number of ketones is 1. The molecule has 1 aliphatic rings. The van der Waals surface area contributed by atoms with Crippen molar-refractivity contribution in [2.75, 3.05) is 10.7 Å². The Morgan fingerprint density at radius 3 is 2.11 bits per heavy atom. The quantitative estimate of drug-likeness (QED) is 0.0628. The lowest BCUT2D eigenvalue weighted by Crippen LogP contribution is -2.27. The van der Waals surface area contributed by atoms with Crippen LogP contribution in [0, 0.1) is 6.92 Å². The molecule has 5 rings (SSSR count). The largest absolute Gasteiger partial charge is 0.489 e. The van der Waals surface area contributed by atoms with E-state index >= 15 is 0 Å². The second-order valence-corrected chi connectivity index (χ2v) is 10.2. The number of hydrogen-bond donors (Lipinski definition) is 0. The smallest absolute Gasteiger partial charge is 0.286 e. The number of thioether (sulfide) groups is 1. The summed E-state index contributed by atoms with van der Waals surface area (Å²) in [5.41, 5.74) is 13.2. The van der Waals surface area contributed by atoms with Crippen LogP contribution in [0.3, 0.4) is 0 Å². The van der Waals surface area contributed by atoms with Crippen LogP contribution in [0.5, 0.6) is 5.75 Å². The molecular weight excluding hydrogens is 596 g/mol. The summed E-state index contributed by atoms with van der Waals surface area (Å²) in [6.45, 7) is 13.7. The fourth-order valence-corrected chi connectivity index (χ4v) is 5.26. The second-order valence-electron chi connectivity index (χ2n) is 9.25. The van der Waals surface area contributed by atoms with E-state index in [2.05, 4.69) is 16.6 Å². The number of rotatable bonds is 8. The molecule has 238 valence electrons. The summed E-state index contributed by atoms with van der Waals surface area (Å²) in [6.07, 6.45) is 1.32. The average Bonchev–Trinajstić information content (AvgIpc) is 3.51. The van der Waals surface area contributed by atoms with Gasteiger partial charge in [0.2, 0.25) is 5.91 Å². The van der Waals surface area contributed by atoms with Gasteiger partial charge < -0.3 is 4.74 Å². The van der Waals surface area contributed by atoms with Gasteiger partial charge in [-0.15, -0.1) is 0 Å². The lowest BCUT2D eigenvalue weighted by molar-refractivity contribution is 0.0998. The Balaban J connectivity index is 0.000000411. The van der Waals surface area contributed by atoms with Crippen molar-refractivity contribution < 1.29 is 19.1 Å². The first-order valence-electron chi connectivity index (χ1n) is 15.1. The van der Waals surface area contributed by atoms with Gasteiger partial charge in [0, 0.05) is 33.0 Å². The lowest BCUT2D eigenvalue weighted by Gasteiger charge is -2.26. The van der Waals surface area contributed by atoms with Crippen molar-refractivity contribution in [2.24, 2.45) is 5.11 Å². The molecule has 2 amide bonds. The Bertz CT molecular complexity index is 1620. The van der Waals surface area contributed by atoms with E-state index in [1.165, 1.54) is 17.8 Å². The molecule has 0 aromatic heterocycles. The third-order valence-corrected chi connectivity index (χ3v) is 7.35. The number of para-hydroxylation sites is 1. The highest BCUT2D eigenvalue weighted by molar-refractivity contribution is 8.14. The molecule has 0 saturated carbocycles. The van der Waals surface area contributed by atoms with E-state index in [1.807, 2.05) is 107 Å². The van der Waals surface area contributed by atoms with E-state index in [9.17, 15) is 14.4 Å². The first kappa shape index (κ1) is 37.1. The number of nitrogens with zero attached hydrogens (tertiary/aromatic N) is 4. The maximum atomic E-state index is 12.6. The molecule has 8 nitrogen and oxygen atoms in total. The Hall–Kier alpha value is -5.11. The van der Waals surface area contributed by atoms with Gasteiger partial charge in [-0.1, -0.05) is 137 Å². The van der Waals surface area contributed by atoms with Gasteiger partial charge in [-0.3, -0.25) is 19.3 Å². The molecule has 46 heavy (non-hydrogen) atoms. The third kappa shape index (κ3) is 10.5. The SMILES string of the molecule is C=CC(=O)c1ccc(C)cc1.CC.CC.[N-]=[N+]=NC(=O)c1ccc(C2CSC(=O)N2c2ccccc2)c(OCc2ccccc2)c1. The minimum absolute atomic E-state index is 0.0231. The van der Waals surface area contributed by atoms with E-state index in [1.54, 1.807) is 35.2 Å². The van der Waals surface area contributed by atoms with Gasteiger partial charge >= 0.3 is 0 Å². The third-order valence-electron chi connectivity index (χ3n) is 6.42. The van der Waals surface area contributed by atoms with Gasteiger partial charge in [0.15, 0.2) is 5.78 Å². The number of amides is 2. The Kier molecular flexibility index (Phi) is 16.1. The monoisotopic (exact) mass is 636 g/mol. The number of benzene rings is 4. The van der Waals surface area contributed by atoms with Crippen LogP contribution in [0.4, 0.5) is 10.5 Å². The maximum absolute atomic E-state index is 12.6. The van der Waals surface area contributed by atoms with Gasteiger partial charge in [0.1, 0.15) is 12.4 Å². The predicted octanol–water partition coefficient (Wildman–Crippen LogP) is 10.5. The van der Waals surface area contributed by atoms with Crippen molar-refractivity contribution in [3.05, 3.63) is 154 Å². The van der Waals surface area contributed by atoms with Crippen molar-refractivity contribution in [2.45, 2.75) is 47.3 Å². The summed E-state index contributed by atoms with van der Waals surface area (Å²) in [6, 6.07) is 31.2. The number of carbonyl (C=O) groups is 3. The van der Waals surface area contributed by atoms with Crippen LogP contribution in [0.15, 0.2) is 121 Å². The predicted molar refractivity (Wildman–Crippen MR) is 189 cm³/mol. The Labute approximate surface area is 275 Å². The minimum atomic E-state index is -0.685. The molecule has 4 aromatic carbocycles. The van der Waals surface area contributed by atoms with Crippen molar-refractivity contribution in [3.8, 4) is 5.75 Å². The number of allylic oxidation sites excluding steroid dienone is 1. The van der Waals surface area contributed by atoms with Crippen LogP contribution in [0.1, 0.15) is 71.1 Å². The van der Waals surface area contributed by atoms with Crippen LogP contribution in [-0.2, 0) is 6.61 Å². The van der Waals surface area contributed by atoms with Gasteiger partial charge in [0.05, 0.1) is 6.04 Å². The van der Waals surface area contributed by atoms with Gasteiger partial charge in [0.25, 0.3) is 5.24 Å². The fraction of sp³-hybridized carbons (Fsp3) is 0.216. The first-order valence-corrected chi connectivity index (χ1v) is 16.0. The number of ether oxygens (including phenoxy) is 1. The molecule has 0 bridgehead atoms. The van der Waals surface area contributed by atoms with Gasteiger partial charge in [-0.25, -0.2) is 0 Å². The standard InChI is InChI=1S/C23H18N4O3S.C10H10O.2C2H6/c24-26-25-22(28)17-11-12-19(21(13-17)30-14-16-7-3-1-4-8-16)20-15-31-23(29)27(20)18-9-5-2-6-10-18;1-3-10(11)9-6-4-8(2)5-7-9;2*1-2/h1-13,20H,14-15H2;3-7H,1H2,2H3;2*1-2H3. The van der Waals surface area contributed by atoms with E-state index in [0.717, 1.165) is 22.4 Å². The molecule has 0 N–H and O–H groups in total. The topological polar surface area (TPSA) is 112 Å². The average molecular weight is 637 g/mol. The molecule has 1 aliphatic heterocycles. The number of carbonyl (C=O) groups excluding carboxylic acids is 3. The summed E-state index contributed by atoms with van der Waals surface area (Å²) in [4.78, 5) is 40.1. The van der Waals surface area contributed by atoms with Gasteiger partial charge in [-0.2, -0.15) is 0 Å². The molecule has 0 radical (unpaired) electrons. The van der Waals surface area contributed by atoms with Crippen LogP contribution >= 0.6 is 11.8 Å². The molecule has 1 saturated heterocycles. The molecule has 1 fully saturated rings. The van der Waals surface area contributed by atoms with Crippen molar-refractivity contribution in [3.63, 3.8) is 0 Å². The van der Waals surface area contributed by atoms with E-state index in [-0.39, 0.29) is 22.6 Å². The highest BCUT2D eigenvalue weighted by atomic mass is 32.2. The van der Waals surface area contributed by atoms with Crippen molar-refractivity contribution in [1.29, 1.82) is 0 Å². The normalized spacial score (nSPS) is 12.8. The lowest BCUT2D eigenvalue weighted by atomic mass is 10.0. The summed E-state index contributed by atoms with van der Waals surface area (Å²) < 4.78 is 6.09. The van der Waals surface area contributed by atoms with Gasteiger partial charge in [-0.05, 0) is 47.4 Å². The van der Waals surface area contributed by atoms with Crippen LogP contribution in [0.25, 0.3) is 10.4 Å². The second kappa shape index (κ2) is 20.0. The zero-order valence-corrected chi connectivity index (χ0v) is 27.7. The number of hydrogen-bond acceptors (Lipinski definition) is 5. The molecule has 4 aromatic rings. The summed E-state index contributed by atoms with van der Waals surface area (Å²) in [5, 5.41) is 3.13. The van der Waals surface area contributed by atoms with E-state index < -0.39 is 5.91 Å². The summed E-state index contributed by atoms with van der Waals surface area (Å²) >= 11 is 1.24. The first-order chi connectivity index (χ1) is 22.4. The highest BCUT2D eigenvalue weighted by Crippen LogP contribution is 2.42. The maximum Gasteiger partial charge on any atom is 0.286 e. The highest BCUT2D eigenvalue weighted by Gasteiger charge is 2.36. The number of aryl methyl sites for hydroxylation is 1. The van der Waals surface area contributed by atoms with Crippen LogP contribution in [-0.4, -0.2) is 22.7 Å². The zero-order valence-electron chi connectivity index (χ0n) is 26.9. The van der Waals surface area contributed by atoms with Crippen LogP contribution in [0.2, 0.25) is 0 Å². The van der Waals surface area contributed by atoms with E-state index in [0.29, 0.717) is 23.7 Å². The number of anilines is 1. The molecule has 1 heterocycles. The Morgan fingerprint density at radius 2 is 1.52 bits per heavy atom. The summed E-state index contributed by atoms with van der Waals surface area (Å²) in [7, 11) is 0. The Morgan fingerprint density at radius 1 is 0.935 bits per heavy atom. The molecule has 0 aliphatic carbocycles. The number of azide groups is 1. The molecule has 1 atom stereocenters. The van der Waals surface area contributed by atoms with Crippen molar-refractivity contribution in [1.82, 2.24) is 0 Å². The van der Waals surface area contributed by atoms with Crippen molar-refractivity contribution >= 4 is 34.4 Å². The molecule has 1 unspecified atom stereocenters. The van der Waals surface area contributed by atoms with E-state index in [4.69, 9.17) is 10.3 Å². The fourth-order valence-electron chi connectivity index (χ4n) is 4.26. The molecular formula is C37H40N4O4S. The zero-order chi connectivity index (χ0) is 33.9. The minimum Gasteiger partial charge on any atom is -0.489 e. The molecule has 9 heteroatoms.